The van der Waals surface area contributed by atoms with Gasteiger partial charge in [0.25, 0.3) is 5.91 Å². The first kappa shape index (κ1) is 17.5. The molecular formula is C17H25N5O3. The van der Waals surface area contributed by atoms with Crippen LogP contribution in [0.5, 0.6) is 0 Å². The Balaban J connectivity index is 1.67. The van der Waals surface area contributed by atoms with E-state index in [0.29, 0.717) is 24.7 Å². The summed E-state index contributed by atoms with van der Waals surface area (Å²) in [5.74, 6) is 1.55. The minimum atomic E-state index is -0.220. The fourth-order valence-electron chi connectivity index (χ4n) is 3.27. The SMILES string of the molecule is Cc1cc(C(=O)NC2CN(Cc3nn(C)c(=O)[nH]3)CC2(C)C)oc1C. The molecule has 2 N–H and O–H groups in total. The third kappa shape index (κ3) is 3.53. The first-order valence-corrected chi connectivity index (χ1v) is 8.38. The number of H-pyrrole nitrogens is 1. The fraction of sp³-hybridized carbons (Fsp3) is 0.588. The molecule has 0 spiro atoms. The maximum Gasteiger partial charge on any atom is 0.343 e. The average Bonchev–Trinajstić information content (AvgIpc) is 3.09. The van der Waals surface area contributed by atoms with Crippen LogP contribution in [0.4, 0.5) is 0 Å². The molecule has 3 heterocycles. The maximum atomic E-state index is 12.5. The molecule has 0 radical (unpaired) electrons. The van der Waals surface area contributed by atoms with Gasteiger partial charge in [-0.2, -0.15) is 5.10 Å². The van der Waals surface area contributed by atoms with E-state index in [9.17, 15) is 9.59 Å². The van der Waals surface area contributed by atoms with Crippen molar-refractivity contribution in [2.24, 2.45) is 12.5 Å². The van der Waals surface area contributed by atoms with Crippen LogP contribution < -0.4 is 11.0 Å². The molecule has 1 aliphatic heterocycles. The molecule has 1 saturated heterocycles. The summed E-state index contributed by atoms with van der Waals surface area (Å²) >= 11 is 0. The number of aromatic amines is 1. The number of aryl methyl sites for hydroxylation is 3. The van der Waals surface area contributed by atoms with E-state index < -0.39 is 0 Å². The molecule has 1 unspecified atom stereocenters. The minimum Gasteiger partial charge on any atom is -0.456 e. The predicted octanol–water partition coefficient (Wildman–Crippen LogP) is 0.959. The number of carbonyl (C=O) groups excluding carboxylic acids is 1. The zero-order chi connectivity index (χ0) is 18.4. The van der Waals surface area contributed by atoms with Crippen molar-refractivity contribution in [3.8, 4) is 0 Å². The van der Waals surface area contributed by atoms with Crippen LogP contribution in [0.2, 0.25) is 0 Å². The van der Waals surface area contributed by atoms with Crippen LogP contribution in [-0.2, 0) is 13.6 Å². The molecule has 0 saturated carbocycles. The molecule has 8 nitrogen and oxygen atoms in total. The summed E-state index contributed by atoms with van der Waals surface area (Å²) < 4.78 is 6.80. The van der Waals surface area contributed by atoms with Crippen LogP contribution in [0, 0.1) is 19.3 Å². The van der Waals surface area contributed by atoms with Gasteiger partial charge in [-0.3, -0.25) is 14.7 Å². The Hall–Kier alpha value is -2.35. The molecule has 0 aromatic carbocycles. The van der Waals surface area contributed by atoms with Crippen LogP contribution in [0.15, 0.2) is 15.3 Å². The Morgan fingerprint density at radius 1 is 1.48 bits per heavy atom. The summed E-state index contributed by atoms with van der Waals surface area (Å²) in [6.45, 7) is 10.1. The Kier molecular flexibility index (Phi) is 4.32. The number of hydrogen-bond donors (Lipinski definition) is 2. The highest BCUT2D eigenvalue weighted by atomic mass is 16.3. The summed E-state index contributed by atoms with van der Waals surface area (Å²) in [6.07, 6.45) is 0. The largest absolute Gasteiger partial charge is 0.456 e. The second-order valence-corrected chi connectivity index (χ2v) is 7.53. The average molecular weight is 347 g/mol. The van der Waals surface area contributed by atoms with Crippen molar-refractivity contribution in [3.05, 3.63) is 39.5 Å². The van der Waals surface area contributed by atoms with Crippen LogP contribution in [0.25, 0.3) is 0 Å². The molecule has 25 heavy (non-hydrogen) atoms. The lowest BCUT2D eigenvalue weighted by Crippen LogP contribution is -2.44. The predicted molar refractivity (Wildman–Crippen MR) is 92.3 cm³/mol. The van der Waals surface area contributed by atoms with Gasteiger partial charge in [-0.05, 0) is 30.9 Å². The van der Waals surface area contributed by atoms with Gasteiger partial charge in [0.1, 0.15) is 11.6 Å². The Labute approximate surface area is 146 Å². The highest BCUT2D eigenvalue weighted by Gasteiger charge is 2.40. The van der Waals surface area contributed by atoms with Crippen molar-refractivity contribution in [1.82, 2.24) is 25.0 Å². The monoisotopic (exact) mass is 347 g/mol. The van der Waals surface area contributed by atoms with E-state index in [-0.39, 0.29) is 23.1 Å². The number of amides is 1. The van der Waals surface area contributed by atoms with E-state index in [4.69, 9.17) is 4.42 Å². The standard InChI is InChI=1S/C17H25N5O3/c1-10-6-12(25-11(10)2)15(23)18-13-7-22(9-17(13,3)4)8-14-19-16(24)21(5)20-14/h6,13H,7-9H2,1-5H3,(H,18,23)(H,19,20,24). The van der Waals surface area contributed by atoms with Crippen molar-refractivity contribution in [2.45, 2.75) is 40.3 Å². The lowest BCUT2D eigenvalue weighted by atomic mass is 9.88. The van der Waals surface area contributed by atoms with Gasteiger partial charge >= 0.3 is 5.69 Å². The van der Waals surface area contributed by atoms with Crippen LogP contribution in [0.3, 0.4) is 0 Å². The third-order valence-corrected chi connectivity index (χ3v) is 4.90. The van der Waals surface area contributed by atoms with Gasteiger partial charge in [-0.15, -0.1) is 0 Å². The third-order valence-electron chi connectivity index (χ3n) is 4.90. The molecule has 3 rings (SSSR count). The van der Waals surface area contributed by atoms with Crippen LogP contribution in [-0.4, -0.2) is 44.7 Å². The molecule has 8 heteroatoms. The first-order chi connectivity index (χ1) is 11.7. The zero-order valence-corrected chi connectivity index (χ0v) is 15.3. The van der Waals surface area contributed by atoms with Gasteiger partial charge in [0.15, 0.2) is 5.76 Å². The Morgan fingerprint density at radius 3 is 2.76 bits per heavy atom. The van der Waals surface area contributed by atoms with E-state index in [1.165, 1.54) is 4.68 Å². The summed E-state index contributed by atoms with van der Waals surface area (Å²) in [6, 6.07) is 1.75. The lowest BCUT2D eigenvalue weighted by Gasteiger charge is -2.26. The Bertz CT molecular complexity index is 825. The molecule has 1 atom stereocenters. The van der Waals surface area contributed by atoms with Gasteiger partial charge in [0, 0.05) is 26.2 Å². The molecule has 1 aliphatic rings. The van der Waals surface area contributed by atoms with Crippen molar-refractivity contribution < 1.29 is 9.21 Å². The summed E-state index contributed by atoms with van der Waals surface area (Å²) in [4.78, 5) is 28.9. The van der Waals surface area contributed by atoms with Crippen LogP contribution >= 0.6 is 0 Å². The van der Waals surface area contributed by atoms with E-state index >= 15 is 0 Å². The van der Waals surface area contributed by atoms with Gasteiger partial charge in [-0.1, -0.05) is 13.8 Å². The number of furan rings is 1. The number of nitrogens with one attached hydrogen (secondary N) is 2. The maximum absolute atomic E-state index is 12.5. The minimum absolute atomic E-state index is 0.0128. The second kappa shape index (κ2) is 6.18. The smallest absolute Gasteiger partial charge is 0.343 e. The highest BCUT2D eigenvalue weighted by Crippen LogP contribution is 2.30. The highest BCUT2D eigenvalue weighted by molar-refractivity contribution is 5.92. The van der Waals surface area contributed by atoms with E-state index in [1.807, 2.05) is 13.8 Å². The summed E-state index contributed by atoms with van der Waals surface area (Å²) in [5, 5.41) is 7.26. The molecule has 136 valence electrons. The topological polar surface area (TPSA) is 96.2 Å². The summed E-state index contributed by atoms with van der Waals surface area (Å²) in [7, 11) is 1.62. The second-order valence-electron chi connectivity index (χ2n) is 7.53. The number of likely N-dealkylation sites (tertiary alicyclic amines) is 1. The quantitative estimate of drug-likeness (QED) is 0.859. The van der Waals surface area contributed by atoms with E-state index in [0.717, 1.165) is 17.9 Å². The van der Waals surface area contributed by atoms with Gasteiger partial charge in [-0.25, -0.2) is 9.48 Å². The van der Waals surface area contributed by atoms with Gasteiger partial charge in [0.2, 0.25) is 0 Å². The fourth-order valence-corrected chi connectivity index (χ4v) is 3.27. The zero-order valence-electron chi connectivity index (χ0n) is 15.3. The molecule has 2 aromatic rings. The molecule has 0 bridgehead atoms. The molecule has 1 amide bonds. The lowest BCUT2D eigenvalue weighted by molar-refractivity contribution is 0.0887. The number of aromatic nitrogens is 3. The van der Waals surface area contributed by atoms with Gasteiger partial charge < -0.3 is 9.73 Å². The Morgan fingerprint density at radius 2 is 2.20 bits per heavy atom. The molecular weight excluding hydrogens is 322 g/mol. The number of hydrogen-bond acceptors (Lipinski definition) is 5. The number of carbonyl (C=O) groups is 1. The van der Waals surface area contributed by atoms with E-state index in [2.05, 4.69) is 34.1 Å². The number of rotatable bonds is 4. The molecule has 0 aliphatic carbocycles. The summed E-state index contributed by atoms with van der Waals surface area (Å²) in [5.41, 5.74) is 0.653. The van der Waals surface area contributed by atoms with Crippen molar-refractivity contribution in [1.29, 1.82) is 0 Å². The molecule has 2 aromatic heterocycles. The van der Waals surface area contributed by atoms with Crippen molar-refractivity contribution >= 4 is 5.91 Å². The molecule has 1 fully saturated rings. The van der Waals surface area contributed by atoms with Gasteiger partial charge in [0.05, 0.1) is 6.54 Å². The van der Waals surface area contributed by atoms with Crippen molar-refractivity contribution in [3.63, 3.8) is 0 Å². The number of nitrogens with zero attached hydrogens (tertiary/aromatic N) is 3. The van der Waals surface area contributed by atoms with Crippen LogP contribution in [0.1, 0.15) is 41.6 Å². The van der Waals surface area contributed by atoms with E-state index in [1.54, 1.807) is 13.1 Å². The normalized spacial score (nSPS) is 20.1. The first-order valence-electron chi connectivity index (χ1n) is 8.38. The van der Waals surface area contributed by atoms with Crippen molar-refractivity contribution in [2.75, 3.05) is 13.1 Å².